The van der Waals surface area contributed by atoms with E-state index < -0.39 is 0 Å². The van der Waals surface area contributed by atoms with Gasteiger partial charge in [0.05, 0.1) is 0 Å². The number of fused-ring (bicyclic) bond motifs is 1. The molecule has 0 atom stereocenters. The number of pyridine rings is 1. The molecule has 1 aliphatic heterocycles. The minimum atomic E-state index is -0.163. The third-order valence-corrected chi connectivity index (χ3v) is 7.35. The smallest absolute Gasteiger partial charge is 0.321 e. The molecular formula is C32H33N7O. The maximum absolute atomic E-state index is 12.1. The molecule has 2 amide bonds. The van der Waals surface area contributed by atoms with E-state index in [0.29, 0.717) is 0 Å². The first-order valence-corrected chi connectivity index (χ1v) is 13.6. The van der Waals surface area contributed by atoms with E-state index in [-0.39, 0.29) is 6.03 Å². The van der Waals surface area contributed by atoms with Gasteiger partial charge in [0.15, 0.2) is 0 Å². The third-order valence-electron chi connectivity index (χ3n) is 7.35. The summed E-state index contributed by atoms with van der Waals surface area (Å²) in [5.74, 6) is 0. The molecule has 40 heavy (non-hydrogen) atoms. The molecule has 3 N–H and O–H groups in total. The van der Waals surface area contributed by atoms with E-state index in [1.54, 1.807) is 14.1 Å². The van der Waals surface area contributed by atoms with Gasteiger partial charge in [-0.15, -0.1) is 0 Å². The number of nitrogens with zero attached hydrogens (tertiary/aromatic N) is 4. The number of H-pyrrole nitrogens is 1. The lowest BCUT2D eigenvalue weighted by molar-refractivity contribution is 0.230. The number of aryl methyl sites for hydroxylation is 1. The zero-order valence-corrected chi connectivity index (χ0v) is 23.0. The summed E-state index contributed by atoms with van der Waals surface area (Å²) in [5, 5.41) is 12.2. The molecule has 0 fully saturated rings. The average molecular weight is 532 g/mol. The highest BCUT2D eigenvalue weighted by Gasteiger charge is 2.18. The molecule has 0 spiro atoms. The zero-order chi connectivity index (χ0) is 27.6. The largest absolute Gasteiger partial charge is 0.339 e. The van der Waals surface area contributed by atoms with Gasteiger partial charge in [0.2, 0.25) is 0 Å². The molecule has 0 unspecified atom stereocenters. The van der Waals surface area contributed by atoms with E-state index in [0.717, 1.165) is 76.4 Å². The van der Waals surface area contributed by atoms with Crippen LogP contribution >= 0.6 is 0 Å². The lowest BCUT2D eigenvalue weighted by Crippen LogP contribution is -2.27. The molecule has 0 radical (unpaired) electrons. The quantitative estimate of drug-likeness (QED) is 0.242. The van der Waals surface area contributed by atoms with Crippen LogP contribution in [0.5, 0.6) is 0 Å². The predicted molar refractivity (Wildman–Crippen MR) is 162 cm³/mol. The van der Waals surface area contributed by atoms with Crippen molar-refractivity contribution >= 4 is 28.3 Å². The third kappa shape index (κ3) is 5.01. The van der Waals surface area contributed by atoms with Crippen molar-refractivity contribution in [3.05, 3.63) is 84.7 Å². The number of amides is 2. The van der Waals surface area contributed by atoms with Crippen LogP contribution < -0.4 is 10.6 Å². The van der Waals surface area contributed by atoms with E-state index in [4.69, 9.17) is 5.10 Å². The van der Waals surface area contributed by atoms with Crippen LogP contribution in [0.25, 0.3) is 50.2 Å². The number of rotatable bonds is 6. The second-order valence-electron chi connectivity index (χ2n) is 10.2. The van der Waals surface area contributed by atoms with Crippen LogP contribution in [0.15, 0.2) is 79.1 Å². The number of hydrogen-bond acceptors (Lipinski definition) is 4. The Morgan fingerprint density at radius 2 is 1.75 bits per heavy atom. The fourth-order valence-corrected chi connectivity index (χ4v) is 5.11. The number of carbonyl (C=O) groups is 1. The first-order valence-electron chi connectivity index (χ1n) is 13.6. The Labute approximate surface area is 233 Å². The Morgan fingerprint density at radius 1 is 1.00 bits per heavy atom. The zero-order valence-electron chi connectivity index (χ0n) is 23.0. The number of aromatic amines is 1. The molecule has 4 heterocycles. The molecule has 8 nitrogen and oxygen atoms in total. The molecule has 8 heteroatoms. The van der Waals surface area contributed by atoms with Crippen LogP contribution in [0.1, 0.15) is 18.9 Å². The van der Waals surface area contributed by atoms with Crippen molar-refractivity contribution in [1.29, 1.82) is 0 Å². The molecule has 2 aromatic carbocycles. The van der Waals surface area contributed by atoms with Crippen LogP contribution in [0.4, 0.5) is 10.5 Å². The van der Waals surface area contributed by atoms with Gasteiger partial charge in [-0.3, -0.25) is 4.68 Å². The molecule has 6 rings (SSSR count). The minimum absolute atomic E-state index is 0.163. The SMILES string of the molecule is CCn1cc(-c2ccnc3[nH]c(-c4ccc(C5=CCNCC5)cc4)cc23)c(-c2ccc(NC(=O)N(C)C)cc2)n1. The van der Waals surface area contributed by atoms with E-state index in [1.165, 1.54) is 16.0 Å². The predicted octanol–water partition coefficient (Wildman–Crippen LogP) is 6.25. The number of hydrogen-bond donors (Lipinski definition) is 3. The van der Waals surface area contributed by atoms with Crippen LogP contribution in [0.3, 0.4) is 0 Å². The number of carbonyl (C=O) groups excluding carboxylic acids is 1. The monoisotopic (exact) mass is 531 g/mol. The van der Waals surface area contributed by atoms with Gasteiger partial charge in [0.1, 0.15) is 11.3 Å². The Bertz CT molecular complexity index is 1690. The number of benzene rings is 2. The molecule has 202 valence electrons. The second kappa shape index (κ2) is 10.8. The molecule has 0 bridgehead atoms. The van der Waals surface area contributed by atoms with E-state index in [2.05, 4.69) is 76.2 Å². The van der Waals surface area contributed by atoms with Crippen molar-refractivity contribution in [3.8, 4) is 33.6 Å². The molecule has 1 aliphatic rings. The minimum Gasteiger partial charge on any atom is -0.339 e. The number of nitrogens with one attached hydrogen (secondary N) is 3. The maximum Gasteiger partial charge on any atom is 0.321 e. The highest BCUT2D eigenvalue weighted by atomic mass is 16.2. The maximum atomic E-state index is 12.1. The summed E-state index contributed by atoms with van der Waals surface area (Å²) in [6.45, 7) is 4.80. The van der Waals surface area contributed by atoms with Gasteiger partial charge in [-0.25, -0.2) is 9.78 Å². The number of aromatic nitrogens is 4. The molecule has 5 aromatic rings. The fraction of sp³-hybridized carbons (Fsp3) is 0.219. The van der Waals surface area contributed by atoms with Gasteiger partial charge >= 0.3 is 6.03 Å². The second-order valence-corrected chi connectivity index (χ2v) is 10.2. The lowest BCUT2D eigenvalue weighted by atomic mass is 9.98. The number of urea groups is 1. The summed E-state index contributed by atoms with van der Waals surface area (Å²) in [4.78, 5) is 21.7. The first-order chi connectivity index (χ1) is 19.5. The average Bonchev–Trinajstić information content (AvgIpc) is 3.63. The first kappa shape index (κ1) is 25.6. The van der Waals surface area contributed by atoms with E-state index >= 15 is 0 Å². The molecule has 0 saturated heterocycles. The van der Waals surface area contributed by atoms with Crippen molar-refractivity contribution in [2.45, 2.75) is 19.9 Å². The topological polar surface area (TPSA) is 90.9 Å². The van der Waals surface area contributed by atoms with Gasteiger partial charge in [-0.1, -0.05) is 42.5 Å². The van der Waals surface area contributed by atoms with E-state index in [1.807, 2.05) is 35.1 Å². The van der Waals surface area contributed by atoms with Gasteiger partial charge in [-0.2, -0.15) is 5.10 Å². The summed E-state index contributed by atoms with van der Waals surface area (Å²) in [6, 6.07) is 20.7. The van der Waals surface area contributed by atoms with Crippen LogP contribution in [-0.2, 0) is 6.54 Å². The van der Waals surface area contributed by atoms with Gasteiger partial charge in [-0.05, 0) is 66.4 Å². The fourth-order valence-electron chi connectivity index (χ4n) is 5.11. The van der Waals surface area contributed by atoms with Crippen molar-refractivity contribution < 1.29 is 4.79 Å². The van der Waals surface area contributed by atoms with Crippen LogP contribution in [0, 0.1) is 0 Å². The van der Waals surface area contributed by atoms with Gasteiger partial charge < -0.3 is 20.5 Å². The van der Waals surface area contributed by atoms with Gasteiger partial charge in [0.25, 0.3) is 0 Å². The summed E-state index contributed by atoms with van der Waals surface area (Å²) in [6.07, 6.45) is 7.27. The van der Waals surface area contributed by atoms with E-state index in [9.17, 15) is 4.79 Å². The van der Waals surface area contributed by atoms with Crippen molar-refractivity contribution in [3.63, 3.8) is 0 Å². The molecule has 0 saturated carbocycles. The molecule has 3 aromatic heterocycles. The summed E-state index contributed by atoms with van der Waals surface area (Å²) >= 11 is 0. The Balaban J connectivity index is 1.35. The van der Waals surface area contributed by atoms with Crippen molar-refractivity contribution in [2.24, 2.45) is 0 Å². The number of anilines is 1. The summed E-state index contributed by atoms with van der Waals surface area (Å²) in [5.41, 5.74) is 10.4. The van der Waals surface area contributed by atoms with Crippen molar-refractivity contribution in [1.82, 2.24) is 30.0 Å². The van der Waals surface area contributed by atoms with Crippen molar-refractivity contribution in [2.75, 3.05) is 32.5 Å². The Kier molecular flexibility index (Phi) is 6.92. The van der Waals surface area contributed by atoms with Crippen LogP contribution in [0.2, 0.25) is 0 Å². The highest BCUT2D eigenvalue weighted by molar-refractivity contribution is 5.99. The lowest BCUT2D eigenvalue weighted by Gasteiger charge is -2.14. The van der Waals surface area contributed by atoms with Gasteiger partial charge in [0, 0.05) is 67.5 Å². The molecule has 0 aliphatic carbocycles. The molecular weight excluding hydrogens is 498 g/mol. The normalized spacial score (nSPS) is 13.3. The highest BCUT2D eigenvalue weighted by Crippen LogP contribution is 2.37. The van der Waals surface area contributed by atoms with Crippen LogP contribution in [-0.4, -0.2) is 57.9 Å². The summed E-state index contributed by atoms with van der Waals surface area (Å²) < 4.78 is 1.96. The standard InChI is InChI=1S/C32H33N7O/c1-4-39-20-28(30(37-39)24-9-11-25(12-10-24)35-32(40)38(2)3)26-15-18-34-31-27(26)19-29(36-31)23-7-5-21(6-8-23)22-13-16-33-17-14-22/h5-13,15,18-20,33H,4,14,16-17H2,1-3H3,(H,34,36)(H,35,40). The summed E-state index contributed by atoms with van der Waals surface area (Å²) in [7, 11) is 3.44. The Morgan fingerprint density at radius 3 is 2.45 bits per heavy atom. The Hall–Kier alpha value is -4.69.